The van der Waals surface area contributed by atoms with E-state index in [1.165, 1.54) is 0 Å². The van der Waals surface area contributed by atoms with Gasteiger partial charge < -0.3 is 15.1 Å². The molecule has 0 spiro atoms. The highest BCUT2D eigenvalue weighted by atomic mass is 35.5. The number of hydrogen-bond donors (Lipinski definition) is 2. The van der Waals surface area contributed by atoms with Crippen molar-refractivity contribution in [2.24, 2.45) is 0 Å². The van der Waals surface area contributed by atoms with Crippen molar-refractivity contribution in [2.75, 3.05) is 36.4 Å². The van der Waals surface area contributed by atoms with Crippen LogP contribution in [0.3, 0.4) is 0 Å². The minimum Gasteiger partial charge on any atom is -0.336 e. The molecular weight excluding hydrogens is 451 g/mol. The molecule has 32 heavy (non-hydrogen) atoms. The number of fused-ring (bicyclic) bond motifs is 1. The summed E-state index contributed by atoms with van der Waals surface area (Å²) in [6, 6.07) is 10.7. The van der Waals surface area contributed by atoms with Gasteiger partial charge in [0.15, 0.2) is 11.6 Å². The van der Waals surface area contributed by atoms with Crippen LogP contribution < -0.4 is 10.2 Å². The fourth-order valence-electron chi connectivity index (χ4n) is 3.70. The predicted molar refractivity (Wildman–Crippen MR) is 124 cm³/mol. The van der Waals surface area contributed by atoms with Crippen molar-refractivity contribution in [3.8, 4) is 0 Å². The van der Waals surface area contributed by atoms with Gasteiger partial charge in [-0.3, -0.25) is 9.89 Å². The third-order valence-corrected chi connectivity index (χ3v) is 5.89. The first-order valence-corrected chi connectivity index (χ1v) is 10.9. The summed E-state index contributed by atoms with van der Waals surface area (Å²) in [6.45, 7) is 4.21. The Morgan fingerprint density at radius 3 is 2.66 bits per heavy atom. The number of anilines is 3. The number of nitrogens with one attached hydrogen (secondary N) is 2. The molecule has 0 bridgehead atoms. The van der Waals surface area contributed by atoms with Crippen LogP contribution in [0.2, 0.25) is 10.0 Å². The summed E-state index contributed by atoms with van der Waals surface area (Å²) < 4.78 is 1.79. The van der Waals surface area contributed by atoms with E-state index in [2.05, 4.69) is 25.5 Å². The number of H-pyrrole nitrogens is 1. The predicted octanol–water partition coefficient (Wildman–Crippen LogP) is 3.77. The van der Waals surface area contributed by atoms with Gasteiger partial charge >= 0.3 is 0 Å². The number of halogens is 2. The molecule has 4 heterocycles. The lowest BCUT2D eigenvalue weighted by Crippen LogP contribution is -2.49. The average molecular weight is 471 g/mol. The van der Waals surface area contributed by atoms with Gasteiger partial charge in [-0.2, -0.15) is 10.1 Å². The molecular formula is C21H20Cl2N8O. The van der Waals surface area contributed by atoms with E-state index in [1.807, 2.05) is 31.3 Å². The highest BCUT2D eigenvalue weighted by Crippen LogP contribution is 2.25. The van der Waals surface area contributed by atoms with Crippen molar-refractivity contribution in [1.82, 2.24) is 29.7 Å². The number of hydrogen-bond acceptors (Lipinski definition) is 6. The number of carbonyl (C=O) groups excluding carboxylic acids is 1. The minimum absolute atomic E-state index is 0.107. The van der Waals surface area contributed by atoms with Crippen LogP contribution in [-0.2, 0) is 0 Å². The molecule has 0 atom stereocenters. The van der Waals surface area contributed by atoms with Gasteiger partial charge in [0.05, 0.1) is 10.6 Å². The van der Waals surface area contributed by atoms with Gasteiger partial charge in [0.1, 0.15) is 5.52 Å². The van der Waals surface area contributed by atoms with Crippen LogP contribution in [0.5, 0.6) is 0 Å². The van der Waals surface area contributed by atoms with Gasteiger partial charge in [0.25, 0.3) is 5.91 Å². The van der Waals surface area contributed by atoms with Gasteiger partial charge in [-0.05, 0) is 37.3 Å². The summed E-state index contributed by atoms with van der Waals surface area (Å²) in [5.41, 5.74) is 2.26. The molecule has 1 saturated heterocycles. The Bertz CT molecular complexity index is 1290. The quantitative estimate of drug-likeness (QED) is 0.471. The highest BCUT2D eigenvalue weighted by molar-refractivity contribution is 6.36. The lowest BCUT2D eigenvalue weighted by molar-refractivity contribution is 0.0746. The molecule has 0 radical (unpaired) electrons. The molecule has 3 aromatic heterocycles. The zero-order valence-corrected chi connectivity index (χ0v) is 18.7. The van der Waals surface area contributed by atoms with Crippen molar-refractivity contribution in [3.05, 3.63) is 63.9 Å². The summed E-state index contributed by atoms with van der Waals surface area (Å²) in [5, 5.41) is 15.9. The van der Waals surface area contributed by atoms with Gasteiger partial charge in [0, 0.05) is 49.2 Å². The Labute approximate surface area is 193 Å². The lowest BCUT2D eigenvalue weighted by atomic mass is 10.2. The smallest absolute Gasteiger partial charge is 0.255 e. The van der Waals surface area contributed by atoms with Crippen LogP contribution in [0.25, 0.3) is 5.52 Å². The molecule has 164 valence electrons. The van der Waals surface area contributed by atoms with Crippen molar-refractivity contribution in [2.45, 2.75) is 6.92 Å². The standard InChI is InChI=1S/C21H20Cl2N8O/c1-13-11-18(27-26-13)24-19-17-3-2-6-31(17)28-21(25-19)30-9-7-29(8-10-30)20(32)15-5-4-14(22)12-16(15)23/h2-6,11-12H,7-10H2,1H3,(H2,24,25,26,27,28). The number of carbonyl (C=O) groups is 1. The Hall–Kier alpha value is -3.30. The summed E-state index contributed by atoms with van der Waals surface area (Å²) in [4.78, 5) is 21.5. The van der Waals surface area contributed by atoms with E-state index < -0.39 is 0 Å². The van der Waals surface area contributed by atoms with Crippen LogP contribution in [0.15, 0.2) is 42.6 Å². The molecule has 4 aromatic rings. The molecule has 0 saturated carbocycles. The van der Waals surface area contributed by atoms with Crippen molar-refractivity contribution in [1.29, 1.82) is 0 Å². The molecule has 5 rings (SSSR count). The highest BCUT2D eigenvalue weighted by Gasteiger charge is 2.25. The van der Waals surface area contributed by atoms with Crippen molar-refractivity contribution < 1.29 is 4.79 Å². The first-order chi connectivity index (χ1) is 15.5. The van der Waals surface area contributed by atoms with Crippen molar-refractivity contribution in [3.63, 3.8) is 0 Å². The zero-order valence-electron chi connectivity index (χ0n) is 17.2. The van der Waals surface area contributed by atoms with E-state index in [-0.39, 0.29) is 5.91 Å². The molecule has 11 heteroatoms. The normalized spacial score (nSPS) is 14.2. The van der Waals surface area contributed by atoms with E-state index in [0.717, 1.165) is 11.2 Å². The maximum absolute atomic E-state index is 12.9. The van der Waals surface area contributed by atoms with Gasteiger partial charge in [0.2, 0.25) is 5.95 Å². The number of benzene rings is 1. The third-order valence-electron chi connectivity index (χ3n) is 5.34. The fraction of sp³-hybridized carbons (Fsp3) is 0.238. The van der Waals surface area contributed by atoms with Crippen LogP contribution in [0.4, 0.5) is 17.6 Å². The van der Waals surface area contributed by atoms with Crippen molar-refractivity contribution >= 4 is 52.2 Å². The van der Waals surface area contributed by atoms with Crippen LogP contribution in [0.1, 0.15) is 16.1 Å². The van der Waals surface area contributed by atoms with Crippen LogP contribution >= 0.6 is 23.2 Å². The SMILES string of the molecule is Cc1cc(Nc2nc(N3CCN(C(=O)c4ccc(Cl)cc4Cl)CC3)nn3cccc23)n[nH]1. The van der Waals surface area contributed by atoms with E-state index in [9.17, 15) is 4.79 Å². The lowest BCUT2D eigenvalue weighted by Gasteiger charge is -2.35. The number of aryl methyl sites for hydroxylation is 1. The largest absolute Gasteiger partial charge is 0.336 e. The van der Waals surface area contributed by atoms with Gasteiger partial charge in [-0.15, -0.1) is 5.10 Å². The molecule has 2 N–H and O–H groups in total. The molecule has 1 amide bonds. The van der Waals surface area contributed by atoms with E-state index >= 15 is 0 Å². The Balaban J connectivity index is 1.34. The molecule has 1 aliphatic heterocycles. The summed E-state index contributed by atoms with van der Waals surface area (Å²) in [5.74, 6) is 1.83. The number of aromatic nitrogens is 5. The van der Waals surface area contributed by atoms with Crippen LogP contribution in [-0.4, -0.2) is 61.8 Å². The summed E-state index contributed by atoms with van der Waals surface area (Å²) >= 11 is 12.2. The molecule has 1 fully saturated rings. The number of piperazine rings is 1. The minimum atomic E-state index is -0.107. The fourth-order valence-corrected chi connectivity index (χ4v) is 4.18. The summed E-state index contributed by atoms with van der Waals surface area (Å²) in [6.07, 6.45) is 1.88. The van der Waals surface area contributed by atoms with E-state index in [0.29, 0.717) is 59.4 Å². The summed E-state index contributed by atoms with van der Waals surface area (Å²) in [7, 11) is 0. The molecule has 1 aromatic carbocycles. The van der Waals surface area contributed by atoms with Crippen LogP contribution in [0, 0.1) is 6.92 Å². The maximum Gasteiger partial charge on any atom is 0.255 e. The van der Waals surface area contributed by atoms with Gasteiger partial charge in [-0.25, -0.2) is 4.52 Å². The zero-order chi connectivity index (χ0) is 22.2. The van der Waals surface area contributed by atoms with E-state index in [1.54, 1.807) is 27.6 Å². The molecule has 1 aliphatic rings. The Morgan fingerprint density at radius 2 is 1.94 bits per heavy atom. The second-order valence-electron chi connectivity index (χ2n) is 7.56. The topological polar surface area (TPSA) is 94.5 Å². The monoisotopic (exact) mass is 470 g/mol. The first kappa shape index (κ1) is 20.6. The Kier molecular flexibility index (Phi) is 5.36. The molecule has 0 aliphatic carbocycles. The number of aromatic amines is 1. The Morgan fingerprint density at radius 1 is 1.12 bits per heavy atom. The third kappa shape index (κ3) is 3.96. The second kappa shape index (κ2) is 8.33. The number of amides is 1. The maximum atomic E-state index is 12.9. The molecule has 9 nitrogen and oxygen atoms in total. The molecule has 0 unspecified atom stereocenters. The van der Waals surface area contributed by atoms with Gasteiger partial charge in [-0.1, -0.05) is 23.2 Å². The average Bonchev–Trinajstić information content (AvgIpc) is 3.42. The number of rotatable bonds is 4. The second-order valence-corrected chi connectivity index (χ2v) is 8.41. The number of nitrogens with zero attached hydrogens (tertiary/aromatic N) is 6. The van der Waals surface area contributed by atoms with E-state index in [4.69, 9.17) is 28.2 Å². The first-order valence-electron chi connectivity index (χ1n) is 10.1.